The highest BCUT2D eigenvalue weighted by molar-refractivity contribution is 8.35. The van der Waals surface area contributed by atoms with Gasteiger partial charge < -0.3 is 188 Å². The van der Waals surface area contributed by atoms with Gasteiger partial charge in [0.05, 0.1) is 423 Å². The zero-order chi connectivity index (χ0) is 88.2. The second-order valence-corrected chi connectivity index (χ2v) is 34.2. The maximum absolute atomic E-state index is 11.7. The molecule has 0 fully saturated rings. The highest BCUT2D eigenvalue weighted by Gasteiger charge is 2.54. The molecule has 0 aromatic rings. The standard InChI is InChI=1S/C80H166O39S2/c1-5-73(65-85)120(77(67-87)116-61-57-111-53-49-107-45-41-103-37-33-99-29-25-95-21-17-91-13-9-81,78(68-88)117-62-58-112-54-50-108-46-42-104-38-34-100-30-26-96-22-18-92-14-10-82)75(7-3)71-115-72-76(8-4)121(74(6-2)66-86,79(69-89)118-63-59-113-55-51-109-47-43-105-39-35-101-31-27-97-23-19-93-15-11-83)80(70-90)119-64-60-114-56-52-110-48-44-106-40-36-102-32-28-98-24-20-94-16-12-84/h73-90H,5-72H2,1-4H3. The van der Waals surface area contributed by atoms with E-state index in [1.807, 2.05) is 27.7 Å². The summed E-state index contributed by atoms with van der Waals surface area (Å²) in [5.41, 5.74) is -3.96. The molecular weight excluding hydrogens is 1650 g/mol. The van der Waals surface area contributed by atoms with Crippen molar-refractivity contribution >= 4 is 20.1 Å². The van der Waals surface area contributed by atoms with Gasteiger partial charge in [0.25, 0.3) is 0 Å². The van der Waals surface area contributed by atoms with Crippen LogP contribution in [0.4, 0.5) is 0 Å². The van der Waals surface area contributed by atoms with Gasteiger partial charge in [-0.3, -0.25) is 0 Å². The molecule has 0 spiro atoms. The molecule has 0 saturated carbocycles. The summed E-state index contributed by atoms with van der Waals surface area (Å²) in [7, 11) is -5.51. The van der Waals surface area contributed by atoms with E-state index < -0.39 is 89.2 Å². The normalized spacial score (nSPS) is 15.7. The Morgan fingerprint density at radius 2 is 0.273 bits per heavy atom. The summed E-state index contributed by atoms with van der Waals surface area (Å²) in [6.45, 7) is 20.8. The Balaban J connectivity index is 6.70. The maximum Gasteiger partial charge on any atom is 0.114 e. The van der Waals surface area contributed by atoms with E-state index in [0.29, 0.717) is 237 Å². The van der Waals surface area contributed by atoms with E-state index in [2.05, 4.69) is 0 Å². The van der Waals surface area contributed by atoms with Crippen molar-refractivity contribution < 1.29 is 188 Å². The molecular formula is C80H166O39S2. The summed E-state index contributed by atoms with van der Waals surface area (Å²) in [4.78, 5) is 0. The van der Waals surface area contributed by atoms with Gasteiger partial charge in [-0.2, -0.15) is 20.1 Å². The van der Waals surface area contributed by atoms with Gasteiger partial charge in [0.15, 0.2) is 0 Å². The molecule has 0 heterocycles. The predicted octanol–water partition coefficient (Wildman–Crippen LogP) is -0.581. The lowest BCUT2D eigenvalue weighted by Crippen LogP contribution is -2.52. The third-order valence-electron chi connectivity index (χ3n) is 18.1. The fourth-order valence-electron chi connectivity index (χ4n) is 12.3. The summed E-state index contributed by atoms with van der Waals surface area (Å²) in [6.07, 6.45) is 1.63. The van der Waals surface area contributed by atoms with Crippen molar-refractivity contribution in [3.05, 3.63) is 0 Å². The van der Waals surface area contributed by atoms with Gasteiger partial charge in [0.2, 0.25) is 0 Å². The molecule has 0 saturated heterocycles. The summed E-state index contributed by atoms with van der Waals surface area (Å²) in [5, 5.41) is 103. The molecule has 0 aromatic heterocycles. The Labute approximate surface area is 724 Å². The highest BCUT2D eigenvalue weighted by Crippen LogP contribution is 2.68. The lowest BCUT2D eigenvalue weighted by atomic mass is 10.3. The molecule has 0 aliphatic rings. The van der Waals surface area contributed by atoms with Crippen LogP contribution in [0.25, 0.3) is 0 Å². The fourth-order valence-corrected chi connectivity index (χ4v) is 23.3. The summed E-state index contributed by atoms with van der Waals surface area (Å²) in [5.74, 6) is 0. The molecule has 10 N–H and O–H groups in total. The Hall–Kier alpha value is -0.860. The van der Waals surface area contributed by atoms with Crippen molar-refractivity contribution in [3.63, 3.8) is 0 Å². The van der Waals surface area contributed by atoms with Crippen LogP contribution in [0.5, 0.6) is 0 Å². The van der Waals surface area contributed by atoms with Crippen LogP contribution < -0.4 is 0 Å². The second kappa shape index (κ2) is 95.2. The molecule has 8 atom stereocenters. The van der Waals surface area contributed by atoms with Crippen LogP contribution in [-0.2, 0) is 137 Å². The molecule has 0 aromatic carbocycles. The molecule has 0 radical (unpaired) electrons. The predicted molar refractivity (Wildman–Crippen MR) is 452 cm³/mol. The van der Waals surface area contributed by atoms with E-state index >= 15 is 0 Å². The average molecular weight is 1820 g/mol. The van der Waals surface area contributed by atoms with Crippen molar-refractivity contribution in [1.82, 2.24) is 0 Å². The highest BCUT2D eigenvalue weighted by atomic mass is 32.3. The SMILES string of the molecule is CCC(CO)S(C(CC)COCC(CC)S(C(CC)CO)(C(CO)OCCOCCOCCOCCOCCOCCOCCO)C(CO)OCCOCCOCCOCCOCCOCCOCCO)(C(CO)OCCOCCOCCOCCOCCOCCOCCO)C(CO)OCCOCCOCCOCCOCCOCCOCCO. The quantitative estimate of drug-likeness (QED) is 0.0341. The monoisotopic (exact) mass is 1820 g/mol. The van der Waals surface area contributed by atoms with Crippen LogP contribution in [0.15, 0.2) is 0 Å². The minimum Gasteiger partial charge on any atom is -0.395 e. The zero-order valence-corrected chi connectivity index (χ0v) is 75.5. The van der Waals surface area contributed by atoms with Crippen LogP contribution in [0.3, 0.4) is 0 Å². The fraction of sp³-hybridized carbons (Fsp3) is 1.00. The molecule has 39 nitrogen and oxygen atoms in total. The van der Waals surface area contributed by atoms with Crippen LogP contribution >= 0.6 is 20.1 Å². The van der Waals surface area contributed by atoms with Gasteiger partial charge >= 0.3 is 0 Å². The van der Waals surface area contributed by atoms with Crippen LogP contribution in [0.1, 0.15) is 53.4 Å². The number of hydrogen-bond acceptors (Lipinski definition) is 39. The van der Waals surface area contributed by atoms with Crippen molar-refractivity contribution in [3.8, 4) is 0 Å². The van der Waals surface area contributed by atoms with E-state index in [9.17, 15) is 30.6 Å². The molecule has 121 heavy (non-hydrogen) atoms. The van der Waals surface area contributed by atoms with Crippen LogP contribution in [0.2, 0.25) is 0 Å². The van der Waals surface area contributed by atoms with E-state index in [1.54, 1.807) is 0 Å². The molecule has 732 valence electrons. The Kier molecular flexibility index (Phi) is 94.6. The minimum atomic E-state index is -2.75. The van der Waals surface area contributed by atoms with Gasteiger partial charge in [-0.1, -0.05) is 27.7 Å². The average Bonchev–Trinajstić information content (AvgIpc) is 0.751. The second-order valence-electron chi connectivity index (χ2n) is 26.2. The van der Waals surface area contributed by atoms with Crippen molar-refractivity contribution in [2.75, 3.05) is 423 Å². The van der Waals surface area contributed by atoms with Gasteiger partial charge in [-0.15, -0.1) is 0 Å². The first-order valence-electron chi connectivity index (χ1n) is 43.3. The van der Waals surface area contributed by atoms with E-state index in [-0.39, 0.29) is 185 Å². The van der Waals surface area contributed by atoms with Gasteiger partial charge in [-0.05, 0) is 25.7 Å². The summed E-state index contributed by atoms with van der Waals surface area (Å²) < 4.78 is 168. The van der Waals surface area contributed by atoms with Gasteiger partial charge in [-0.25, -0.2) is 0 Å². The third-order valence-corrected chi connectivity index (χ3v) is 29.4. The van der Waals surface area contributed by atoms with Crippen molar-refractivity contribution in [2.45, 2.75) is 96.1 Å². The first kappa shape index (κ1) is 120. The molecule has 0 aliphatic carbocycles. The Bertz CT molecular complexity index is 1750. The lowest BCUT2D eigenvalue weighted by Gasteiger charge is -2.59. The number of aliphatic hydroxyl groups excluding tert-OH is 10. The van der Waals surface area contributed by atoms with E-state index in [0.717, 1.165) is 0 Å². The van der Waals surface area contributed by atoms with Crippen molar-refractivity contribution in [2.24, 2.45) is 0 Å². The summed E-state index contributed by atoms with van der Waals surface area (Å²) in [6, 6.07) is 0. The Morgan fingerprint density at radius 3 is 0.380 bits per heavy atom. The first-order valence-corrected chi connectivity index (χ1v) is 47.1. The number of hydrogen-bond donors (Lipinski definition) is 10. The molecule has 0 bridgehead atoms. The number of rotatable bonds is 106. The van der Waals surface area contributed by atoms with Crippen LogP contribution in [0, 0.1) is 0 Å². The van der Waals surface area contributed by atoms with Gasteiger partial charge in [0, 0.05) is 21.0 Å². The molecule has 0 rings (SSSR count). The Morgan fingerprint density at radius 1 is 0.149 bits per heavy atom. The van der Waals surface area contributed by atoms with Crippen LogP contribution in [-0.4, -0.2) is 517 Å². The zero-order valence-electron chi connectivity index (χ0n) is 73.8. The first-order chi connectivity index (χ1) is 59.7. The molecule has 0 aliphatic heterocycles. The lowest BCUT2D eigenvalue weighted by molar-refractivity contribution is -0.0283. The summed E-state index contributed by atoms with van der Waals surface area (Å²) >= 11 is 0. The minimum absolute atomic E-state index is 0.0138. The number of aliphatic hydroxyl groups is 10. The molecule has 8 unspecified atom stereocenters. The third kappa shape index (κ3) is 63.0. The van der Waals surface area contributed by atoms with E-state index in [4.69, 9.17) is 158 Å². The van der Waals surface area contributed by atoms with Crippen molar-refractivity contribution in [1.29, 1.82) is 0 Å². The largest absolute Gasteiger partial charge is 0.395 e. The van der Waals surface area contributed by atoms with Gasteiger partial charge in [0.1, 0.15) is 21.7 Å². The van der Waals surface area contributed by atoms with E-state index in [1.165, 1.54) is 0 Å². The topological polar surface area (TPSA) is 470 Å². The number of ether oxygens (including phenoxy) is 29. The molecule has 0 amide bonds. The maximum atomic E-state index is 11.7. The molecule has 41 heteroatoms. The smallest absolute Gasteiger partial charge is 0.114 e.